The van der Waals surface area contributed by atoms with E-state index in [-0.39, 0.29) is 11.5 Å². The van der Waals surface area contributed by atoms with E-state index in [4.69, 9.17) is 11.6 Å². The van der Waals surface area contributed by atoms with Gasteiger partial charge in [0.1, 0.15) is 5.82 Å². The van der Waals surface area contributed by atoms with Crippen LogP contribution >= 0.6 is 11.6 Å². The zero-order chi connectivity index (χ0) is 12.3. The molecule has 1 fully saturated rings. The smallest absolute Gasteiger partial charge is 0.147 e. The molecule has 0 saturated heterocycles. The van der Waals surface area contributed by atoms with Gasteiger partial charge in [-0.1, -0.05) is 36.9 Å². The second-order valence-electron chi connectivity index (χ2n) is 4.74. The third-order valence-corrected chi connectivity index (χ3v) is 3.66. The summed E-state index contributed by atoms with van der Waals surface area (Å²) in [4.78, 5) is 0. The van der Waals surface area contributed by atoms with Gasteiger partial charge in [-0.2, -0.15) is 0 Å². The lowest BCUT2D eigenvalue weighted by Gasteiger charge is -2.32. The molecule has 0 aliphatic heterocycles. The molecular formula is C13H17ClFNO. The average Bonchev–Trinajstić information content (AvgIpc) is 2.29. The lowest BCUT2D eigenvalue weighted by molar-refractivity contribution is 0.0167. The molecule has 17 heavy (non-hydrogen) atoms. The SMILES string of the molecule is OC1(CNc2c(F)cccc2Cl)CCCCC1. The van der Waals surface area contributed by atoms with Gasteiger partial charge in [-0.3, -0.25) is 0 Å². The van der Waals surface area contributed by atoms with Crippen LogP contribution in [0.15, 0.2) is 18.2 Å². The molecule has 1 aromatic rings. The van der Waals surface area contributed by atoms with Gasteiger partial charge in [0.25, 0.3) is 0 Å². The Balaban J connectivity index is 2.02. The van der Waals surface area contributed by atoms with Crippen molar-refractivity contribution in [3.05, 3.63) is 29.0 Å². The van der Waals surface area contributed by atoms with Crippen molar-refractivity contribution >= 4 is 17.3 Å². The molecule has 4 heteroatoms. The summed E-state index contributed by atoms with van der Waals surface area (Å²) in [7, 11) is 0. The average molecular weight is 258 g/mol. The summed E-state index contributed by atoms with van der Waals surface area (Å²) in [6, 6.07) is 4.56. The van der Waals surface area contributed by atoms with Crippen molar-refractivity contribution in [2.24, 2.45) is 0 Å². The van der Waals surface area contributed by atoms with Crippen molar-refractivity contribution in [1.29, 1.82) is 0 Å². The summed E-state index contributed by atoms with van der Waals surface area (Å²) in [5.41, 5.74) is -0.433. The van der Waals surface area contributed by atoms with E-state index in [9.17, 15) is 9.50 Å². The fourth-order valence-electron chi connectivity index (χ4n) is 2.31. The van der Waals surface area contributed by atoms with Gasteiger partial charge < -0.3 is 10.4 Å². The van der Waals surface area contributed by atoms with Gasteiger partial charge in [0.2, 0.25) is 0 Å². The summed E-state index contributed by atoms with van der Waals surface area (Å²) in [5, 5.41) is 13.6. The normalized spacial score (nSPS) is 19.0. The van der Waals surface area contributed by atoms with Crippen LogP contribution in [0.3, 0.4) is 0 Å². The molecule has 1 aliphatic rings. The van der Waals surface area contributed by atoms with Gasteiger partial charge >= 0.3 is 0 Å². The van der Waals surface area contributed by atoms with Crippen LogP contribution < -0.4 is 5.32 Å². The molecule has 0 unspecified atom stereocenters. The van der Waals surface area contributed by atoms with E-state index in [0.29, 0.717) is 11.6 Å². The van der Waals surface area contributed by atoms with E-state index in [0.717, 1.165) is 25.7 Å². The second-order valence-corrected chi connectivity index (χ2v) is 5.14. The number of benzene rings is 1. The molecule has 94 valence electrons. The van der Waals surface area contributed by atoms with Crippen molar-refractivity contribution in [3.63, 3.8) is 0 Å². The Bertz CT molecular complexity index is 371. The number of rotatable bonds is 3. The van der Waals surface area contributed by atoms with Gasteiger partial charge in [0, 0.05) is 6.54 Å². The molecule has 0 bridgehead atoms. The Kier molecular flexibility index (Phi) is 3.89. The van der Waals surface area contributed by atoms with Crippen molar-refractivity contribution in [1.82, 2.24) is 0 Å². The monoisotopic (exact) mass is 257 g/mol. The number of para-hydroxylation sites is 1. The van der Waals surface area contributed by atoms with Crippen LogP contribution in [0.4, 0.5) is 10.1 Å². The Hall–Kier alpha value is -0.800. The molecule has 0 atom stereocenters. The van der Waals surface area contributed by atoms with Crippen molar-refractivity contribution in [3.8, 4) is 0 Å². The van der Waals surface area contributed by atoms with Crippen LogP contribution in [0.25, 0.3) is 0 Å². The molecule has 0 radical (unpaired) electrons. The van der Waals surface area contributed by atoms with Gasteiger partial charge in [-0.05, 0) is 25.0 Å². The first-order valence-corrected chi connectivity index (χ1v) is 6.39. The molecule has 2 N–H and O–H groups in total. The standard InChI is InChI=1S/C13H17ClFNO/c14-10-5-4-6-11(15)12(10)16-9-13(17)7-2-1-3-8-13/h4-6,16-17H,1-3,7-9H2. The van der Waals surface area contributed by atoms with Gasteiger partial charge in [0.05, 0.1) is 16.3 Å². The number of anilines is 1. The number of aliphatic hydroxyl groups is 1. The lowest BCUT2D eigenvalue weighted by Crippen LogP contribution is -2.39. The number of nitrogens with one attached hydrogen (secondary N) is 1. The summed E-state index contributed by atoms with van der Waals surface area (Å²) in [5.74, 6) is -0.378. The van der Waals surface area contributed by atoms with Crippen LogP contribution in [0.1, 0.15) is 32.1 Å². The minimum absolute atomic E-state index is 0.285. The molecule has 0 aromatic heterocycles. The maximum Gasteiger partial charge on any atom is 0.147 e. The molecule has 0 heterocycles. The first-order chi connectivity index (χ1) is 8.11. The molecule has 1 saturated carbocycles. The number of hydrogen-bond donors (Lipinski definition) is 2. The first-order valence-electron chi connectivity index (χ1n) is 6.01. The Morgan fingerprint density at radius 2 is 2.00 bits per heavy atom. The Morgan fingerprint density at radius 3 is 2.65 bits per heavy atom. The second kappa shape index (κ2) is 5.23. The molecular weight excluding hydrogens is 241 g/mol. The van der Waals surface area contributed by atoms with Crippen molar-refractivity contribution < 1.29 is 9.50 Å². The molecule has 1 aliphatic carbocycles. The Morgan fingerprint density at radius 1 is 1.29 bits per heavy atom. The fourth-order valence-corrected chi connectivity index (χ4v) is 2.54. The highest BCUT2D eigenvalue weighted by Gasteiger charge is 2.29. The molecule has 0 amide bonds. The maximum atomic E-state index is 13.5. The lowest BCUT2D eigenvalue weighted by atomic mass is 9.85. The van der Waals surface area contributed by atoms with Crippen LogP contribution in [-0.4, -0.2) is 17.3 Å². The van der Waals surface area contributed by atoms with Gasteiger partial charge in [-0.25, -0.2) is 4.39 Å². The zero-order valence-corrected chi connectivity index (χ0v) is 10.4. The topological polar surface area (TPSA) is 32.3 Å². The predicted octanol–water partition coefficient (Wildman–Crippen LogP) is 3.59. The highest BCUT2D eigenvalue weighted by atomic mass is 35.5. The Labute approximate surface area is 106 Å². The zero-order valence-electron chi connectivity index (χ0n) is 9.68. The number of hydrogen-bond acceptors (Lipinski definition) is 2. The van der Waals surface area contributed by atoms with Crippen molar-refractivity contribution in [2.75, 3.05) is 11.9 Å². The van der Waals surface area contributed by atoms with Crippen LogP contribution in [0.2, 0.25) is 5.02 Å². The molecule has 2 rings (SSSR count). The van der Waals surface area contributed by atoms with Gasteiger partial charge in [0.15, 0.2) is 0 Å². The minimum atomic E-state index is -0.718. The fraction of sp³-hybridized carbons (Fsp3) is 0.538. The summed E-state index contributed by atoms with van der Waals surface area (Å²) in [6.07, 6.45) is 4.77. The van der Waals surface area contributed by atoms with E-state index in [1.165, 1.54) is 12.5 Å². The van der Waals surface area contributed by atoms with Crippen molar-refractivity contribution in [2.45, 2.75) is 37.7 Å². The largest absolute Gasteiger partial charge is 0.388 e. The molecule has 2 nitrogen and oxygen atoms in total. The molecule has 1 aromatic carbocycles. The van der Waals surface area contributed by atoms with E-state index in [1.54, 1.807) is 12.1 Å². The third kappa shape index (κ3) is 3.11. The van der Waals surface area contributed by atoms with E-state index < -0.39 is 5.60 Å². The highest BCUT2D eigenvalue weighted by molar-refractivity contribution is 6.33. The quantitative estimate of drug-likeness (QED) is 0.867. The highest BCUT2D eigenvalue weighted by Crippen LogP contribution is 2.30. The predicted molar refractivity (Wildman–Crippen MR) is 67.9 cm³/mol. The van der Waals surface area contributed by atoms with Gasteiger partial charge in [-0.15, -0.1) is 0 Å². The molecule has 0 spiro atoms. The van der Waals surface area contributed by atoms with Crippen LogP contribution in [-0.2, 0) is 0 Å². The third-order valence-electron chi connectivity index (χ3n) is 3.34. The van der Waals surface area contributed by atoms with Crippen LogP contribution in [0, 0.1) is 5.82 Å². The summed E-state index contributed by atoms with van der Waals surface area (Å²) >= 11 is 5.91. The van der Waals surface area contributed by atoms with E-state index in [2.05, 4.69) is 5.32 Å². The number of halogens is 2. The van der Waals surface area contributed by atoms with E-state index >= 15 is 0 Å². The summed E-state index contributed by atoms with van der Waals surface area (Å²) < 4.78 is 13.5. The first kappa shape index (κ1) is 12.7. The minimum Gasteiger partial charge on any atom is -0.388 e. The van der Waals surface area contributed by atoms with E-state index in [1.807, 2.05) is 0 Å². The van der Waals surface area contributed by atoms with Crippen LogP contribution in [0.5, 0.6) is 0 Å². The summed E-state index contributed by atoms with van der Waals surface area (Å²) in [6.45, 7) is 0.355. The maximum absolute atomic E-state index is 13.5.